The molecule has 0 aliphatic carbocycles. The molecular weight excluding hydrogens is 358 g/mol. The van der Waals surface area contributed by atoms with Gasteiger partial charge in [-0.3, -0.25) is 4.79 Å². The summed E-state index contributed by atoms with van der Waals surface area (Å²) in [4.78, 5) is 14.5. The molecule has 1 heterocycles. The minimum Gasteiger partial charge on any atom is -0.371 e. The Balaban J connectivity index is 1.32. The Morgan fingerprint density at radius 1 is 1.04 bits per heavy atom. The van der Waals surface area contributed by atoms with E-state index in [1.807, 2.05) is 47.4 Å². The zero-order valence-corrected chi connectivity index (χ0v) is 15.5. The summed E-state index contributed by atoms with van der Waals surface area (Å²) in [5.41, 5.74) is 1.70. The molecule has 3 aromatic rings. The SMILES string of the molecule is O=C(Cc1cccc2ccccc12)NCC1CCN(c2ccc(F)c(F)c2)C1. The van der Waals surface area contributed by atoms with E-state index in [9.17, 15) is 13.6 Å². The second-order valence-electron chi connectivity index (χ2n) is 7.32. The summed E-state index contributed by atoms with van der Waals surface area (Å²) in [5, 5.41) is 5.26. The zero-order valence-electron chi connectivity index (χ0n) is 15.5. The molecule has 5 heteroatoms. The monoisotopic (exact) mass is 380 g/mol. The summed E-state index contributed by atoms with van der Waals surface area (Å²) in [7, 11) is 0. The predicted molar refractivity (Wildman–Crippen MR) is 107 cm³/mol. The maximum Gasteiger partial charge on any atom is 0.224 e. The molecule has 1 atom stereocenters. The smallest absolute Gasteiger partial charge is 0.224 e. The van der Waals surface area contributed by atoms with Crippen molar-refractivity contribution >= 4 is 22.4 Å². The van der Waals surface area contributed by atoms with Crippen LogP contribution in [0.2, 0.25) is 0 Å². The molecule has 1 amide bonds. The van der Waals surface area contributed by atoms with E-state index < -0.39 is 11.6 Å². The summed E-state index contributed by atoms with van der Waals surface area (Å²) >= 11 is 0. The van der Waals surface area contributed by atoms with Crippen LogP contribution in [0.25, 0.3) is 10.8 Å². The van der Waals surface area contributed by atoms with E-state index in [4.69, 9.17) is 0 Å². The van der Waals surface area contributed by atoms with Crippen LogP contribution in [0.1, 0.15) is 12.0 Å². The maximum absolute atomic E-state index is 13.4. The molecule has 4 rings (SSSR count). The maximum atomic E-state index is 13.4. The summed E-state index contributed by atoms with van der Waals surface area (Å²) in [6, 6.07) is 18.0. The number of rotatable bonds is 5. The Labute approximate surface area is 163 Å². The van der Waals surface area contributed by atoms with Gasteiger partial charge in [0.15, 0.2) is 11.6 Å². The van der Waals surface area contributed by atoms with Crippen LogP contribution in [0.4, 0.5) is 14.5 Å². The lowest BCUT2D eigenvalue weighted by Crippen LogP contribution is -2.32. The van der Waals surface area contributed by atoms with Gasteiger partial charge in [-0.05, 0) is 40.8 Å². The highest BCUT2D eigenvalue weighted by Gasteiger charge is 2.23. The Bertz CT molecular complexity index is 1000. The number of carbonyl (C=O) groups is 1. The van der Waals surface area contributed by atoms with Gasteiger partial charge in [-0.15, -0.1) is 0 Å². The van der Waals surface area contributed by atoms with Gasteiger partial charge in [0.25, 0.3) is 0 Å². The molecule has 3 nitrogen and oxygen atoms in total. The number of halogens is 2. The molecule has 3 aromatic carbocycles. The molecule has 144 valence electrons. The third-order valence-electron chi connectivity index (χ3n) is 5.37. The largest absolute Gasteiger partial charge is 0.371 e. The van der Waals surface area contributed by atoms with Gasteiger partial charge in [-0.2, -0.15) is 0 Å². The van der Waals surface area contributed by atoms with Crippen LogP contribution in [0.5, 0.6) is 0 Å². The summed E-state index contributed by atoms with van der Waals surface area (Å²) < 4.78 is 26.6. The van der Waals surface area contributed by atoms with Gasteiger partial charge in [0.05, 0.1) is 6.42 Å². The van der Waals surface area contributed by atoms with E-state index in [1.165, 1.54) is 6.07 Å². The van der Waals surface area contributed by atoms with Gasteiger partial charge in [0, 0.05) is 31.4 Å². The van der Waals surface area contributed by atoms with Crippen molar-refractivity contribution in [3.63, 3.8) is 0 Å². The highest BCUT2D eigenvalue weighted by molar-refractivity contribution is 5.90. The molecule has 0 radical (unpaired) electrons. The summed E-state index contributed by atoms with van der Waals surface area (Å²) in [5.74, 6) is -1.36. The van der Waals surface area contributed by atoms with Crippen molar-refractivity contribution in [3.05, 3.63) is 77.9 Å². The van der Waals surface area contributed by atoms with Gasteiger partial charge in [-0.25, -0.2) is 8.78 Å². The van der Waals surface area contributed by atoms with Crippen LogP contribution in [-0.4, -0.2) is 25.5 Å². The molecule has 0 aromatic heterocycles. The summed E-state index contributed by atoms with van der Waals surface area (Å²) in [6.45, 7) is 2.08. The molecule has 0 spiro atoms. The normalized spacial score (nSPS) is 16.5. The molecule has 1 unspecified atom stereocenters. The number of anilines is 1. The number of nitrogens with one attached hydrogen (secondary N) is 1. The topological polar surface area (TPSA) is 32.3 Å². The summed E-state index contributed by atoms with van der Waals surface area (Å²) in [6.07, 6.45) is 1.26. The van der Waals surface area contributed by atoms with Gasteiger partial charge in [-0.1, -0.05) is 42.5 Å². The van der Waals surface area contributed by atoms with Crippen molar-refractivity contribution in [1.29, 1.82) is 0 Å². The number of hydrogen-bond acceptors (Lipinski definition) is 2. The first-order valence-electron chi connectivity index (χ1n) is 9.53. The molecule has 1 aliphatic heterocycles. The van der Waals surface area contributed by atoms with E-state index >= 15 is 0 Å². The molecule has 1 fully saturated rings. The Morgan fingerprint density at radius 2 is 1.86 bits per heavy atom. The molecule has 0 saturated carbocycles. The highest BCUT2D eigenvalue weighted by Crippen LogP contribution is 2.25. The third kappa shape index (κ3) is 3.98. The highest BCUT2D eigenvalue weighted by atomic mass is 19.2. The molecule has 1 aliphatic rings. The number of fused-ring (bicyclic) bond motifs is 1. The number of amides is 1. The van der Waals surface area contributed by atoms with Gasteiger partial charge >= 0.3 is 0 Å². The Hall–Kier alpha value is -2.95. The van der Waals surface area contributed by atoms with Crippen molar-refractivity contribution in [1.82, 2.24) is 5.32 Å². The van der Waals surface area contributed by atoms with Crippen LogP contribution in [-0.2, 0) is 11.2 Å². The first-order chi connectivity index (χ1) is 13.6. The molecule has 1 saturated heterocycles. The van der Waals surface area contributed by atoms with Gasteiger partial charge < -0.3 is 10.2 Å². The molecular formula is C23H22F2N2O. The van der Waals surface area contributed by atoms with Crippen molar-refractivity contribution in [2.45, 2.75) is 12.8 Å². The van der Waals surface area contributed by atoms with Gasteiger partial charge in [0.2, 0.25) is 5.91 Å². The van der Waals surface area contributed by atoms with E-state index in [-0.39, 0.29) is 5.91 Å². The van der Waals surface area contributed by atoms with Gasteiger partial charge in [0.1, 0.15) is 0 Å². The van der Waals surface area contributed by atoms with E-state index in [2.05, 4.69) is 5.32 Å². The van der Waals surface area contributed by atoms with E-state index in [1.54, 1.807) is 6.07 Å². The standard InChI is InChI=1S/C23H22F2N2O/c24-21-9-8-19(13-22(21)25)27-11-10-16(15-27)14-26-23(28)12-18-6-3-5-17-4-1-2-7-20(17)18/h1-9,13,16H,10-12,14-15H2,(H,26,28). The average molecular weight is 380 g/mol. The fourth-order valence-corrected chi connectivity index (χ4v) is 3.86. The lowest BCUT2D eigenvalue weighted by molar-refractivity contribution is -0.120. The number of carbonyl (C=O) groups excluding carboxylic acids is 1. The second-order valence-corrected chi connectivity index (χ2v) is 7.32. The molecule has 1 N–H and O–H groups in total. The van der Waals surface area contributed by atoms with E-state index in [0.717, 1.165) is 41.9 Å². The zero-order chi connectivity index (χ0) is 19.5. The minimum absolute atomic E-state index is 0.00243. The second kappa shape index (κ2) is 7.97. The number of benzene rings is 3. The quantitative estimate of drug-likeness (QED) is 0.716. The molecule has 0 bridgehead atoms. The molecule has 28 heavy (non-hydrogen) atoms. The van der Waals surface area contributed by atoms with E-state index in [0.29, 0.717) is 24.6 Å². The fraction of sp³-hybridized carbons (Fsp3) is 0.261. The lowest BCUT2D eigenvalue weighted by Gasteiger charge is -2.19. The van der Waals surface area contributed by atoms with Crippen LogP contribution in [0.15, 0.2) is 60.7 Å². The Kier molecular flexibility index (Phi) is 5.24. The van der Waals surface area contributed by atoms with Crippen LogP contribution in [0, 0.1) is 17.6 Å². The van der Waals surface area contributed by atoms with Crippen LogP contribution in [0.3, 0.4) is 0 Å². The van der Waals surface area contributed by atoms with Crippen LogP contribution >= 0.6 is 0 Å². The van der Waals surface area contributed by atoms with Crippen molar-refractivity contribution < 1.29 is 13.6 Å². The third-order valence-corrected chi connectivity index (χ3v) is 5.37. The van der Waals surface area contributed by atoms with Crippen molar-refractivity contribution in [2.24, 2.45) is 5.92 Å². The lowest BCUT2D eigenvalue weighted by atomic mass is 10.0. The minimum atomic E-state index is -0.833. The fourth-order valence-electron chi connectivity index (χ4n) is 3.86. The average Bonchev–Trinajstić information content (AvgIpc) is 3.18. The van der Waals surface area contributed by atoms with Crippen molar-refractivity contribution in [2.75, 3.05) is 24.5 Å². The first-order valence-corrected chi connectivity index (χ1v) is 9.53. The predicted octanol–water partition coefficient (Wildman–Crippen LogP) is 4.30. The Morgan fingerprint density at radius 3 is 2.71 bits per heavy atom. The first kappa shape index (κ1) is 18.4. The van der Waals surface area contributed by atoms with Crippen molar-refractivity contribution in [3.8, 4) is 0 Å². The number of hydrogen-bond donors (Lipinski definition) is 1. The van der Waals surface area contributed by atoms with Crippen LogP contribution < -0.4 is 10.2 Å². The number of nitrogens with zero attached hydrogens (tertiary/aromatic N) is 1.